The topological polar surface area (TPSA) is 66.3 Å². The van der Waals surface area contributed by atoms with Gasteiger partial charge in [0.2, 0.25) is 5.13 Å². The number of aromatic nitrogens is 2. The molecule has 0 aliphatic heterocycles. The molecular formula is C8H13N3O2S. The molecule has 1 aromatic rings. The van der Waals surface area contributed by atoms with Gasteiger partial charge >= 0.3 is 5.97 Å². The SMILES string of the molecule is CCC(C(=O)O)N(C)c1nc(C)ns1. The standard InChI is InChI=1S/C8H13N3O2S/c1-4-6(7(12)13)11(3)8-9-5(2)10-14-8/h6H,4H2,1-3H3,(H,12,13). The van der Waals surface area contributed by atoms with Crippen LogP contribution in [0.1, 0.15) is 19.2 Å². The van der Waals surface area contributed by atoms with Gasteiger partial charge in [-0.25, -0.2) is 9.78 Å². The third-order valence-corrected chi connectivity index (χ3v) is 2.86. The quantitative estimate of drug-likeness (QED) is 0.816. The number of aryl methyl sites for hydroxylation is 1. The minimum atomic E-state index is -0.831. The number of carboxylic acid groups (broad SMARTS) is 1. The molecule has 1 rings (SSSR count). The maximum Gasteiger partial charge on any atom is 0.326 e. The van der Waals surface area contributed by atoms with E-state index in [4.69, 9.17) is 5.11 Å². The van der Waals surface area contributed by atoms with Gasteiger partial charge in [-0.3, -0.25) is 0 Å². The van der Waals surface area contributed by atoms with E-state index < -0.39 is 12.0 Å². The molecule has 1 N–H and O–H groups in total. The van der Waals surface area contributed by atoms with E-state index in [0.29, 0.717) is 17.4 Å². The van der Waals surface area contributed by atoms with Crippen LogP contribution >= 0.6 is 11.5 Å². The molecule has 0 spiro atoms. The smallest absolute Gasteiger partial charge is 0.326 e. The van der Waals surface area contributed by atoms with E-state index in [-0.39, 0.29) is 0 Å². The van der Waals surface area contributed by atoms with E-state index in [1.165, 1.54) is 11.5 Å². The van der Waals surface area contributed by atoms with Crippen molar-refractivity contribution in [2.24, 2.45) is 0 Å². The van der Waals surface area contributed by atoms with Crippen LogP contribution < -0.4 is 4.90 Å². The number of carboxylic acids is 1. The van der Waals surface area contributed by atoms with E-state index >= 15 is 0 Å². The Morgan fingerprint density at radius 3 is 2.71 bits per heavy atom. The molecule has 5 nitrogen and oxygen atoms in total. The Balaban J connectivity index is 2.82. The Morgan fingerprint density at radius 2 is 2.36 bits per heavy atom. The highest BCUT2D eigenvalue weighted by molar-refractivity contribution is 7.09. The van der Waals surface area contributed by atoms with E-state index in [2.05, 4.69) is 9.36 Å². The minimum Gasteiger partial charge on any atom is -0.480 e. The number of aliphatic carboxylic acids is 1. The Hall–Kier alpha value is -1.17. The van der Waals surface area contributed by atoms with Crippen molar-refractivity contribution < 1.29 is 9.90 Å². The first kappa shape index (κ1) is 10.9. The van der Waals surface area contributed by atoms with Crippen LogP contribution in [0.15, 0.2) is 0 Å². The number of hydrogen-bond acceptors (Lipinski definition) is 5. The summed E-state index contributed by atoms with van der Waals surface area (Å²) in [4.78, 5) is 16.6. The molecule has 78 valence electrons. The van der Waals surface area contributed by atoms with Crippen LogP contribution in [-0.4, -0.2) is 33.5 Å². The van der Waals surface area contributed by atoms with Gasteiger partial charge in [-0.15, -0.1) is 0 Å². The predicted molar refractivity (Wildman–Crippen MR) is 54.8 cm³/mol. The van der Waals surface area contributed by atoms with Crippen LogP contribution in [0.5, 0.6) is 0 Å². The molecule has 14 heavy (non-hydrogen) atoms. The first-order chi connectivity index (χ1) is 6.56. The summed E-state index contributed by atoms with van der Waals surface area (Å²) in [6, 6.07) is -0.526. The minimum absolute atomic E-state index is 0.526. The lowest BCUT2D eigenvalue weighted by atomic mass is 10.2. The summed E-state index contributed by atoms with van der Waals surface area (Å²) in [6.45, 7) is 3.62. The lowest BCUT2D eigenvalue weighted by Crippen LogP contribution is -2.37. The van der Waals surface area contributed by atoms with Crippen LogP contribution in [0.25, 0.3) is 0 Å². The highest BCUT2D eigenvalue weighted by Crippen LogP contribution is 2.18. The van der Waals surface area contributed by atoms with Gasteiger partial charge in [0.05, 0.1) is 0 Å². The van der Waals surface area contributed by atoms with Crippen molar-refractivity contribution in [3.8, 4) is 0 Å². The summed E-state index contributed by atoms with van der Waals surface area (Å²) >= 11 is 1.22. The van der Waals surface area contributed by atoms with E-state index in [0.717, 1.165) is 0 Å². The van der Waals surface area contributed by atoms with Crippen LogP contribution in [0, 0.1) is 6.92 Å². The highest BCUT2D eigenvalue weighted by Gasteiger charge is 2.22. The number of anilines is 1. The molecule has 1 heterocycles. The van der Waals surface area contributed by atoms with Gasteiger partial charge < -0.3 is 10.0 Å². The average Bonchev–Trinajstić information content (AvgIpc) is 2.52. The van der Waals surface area contributed by atoms with Gasteiger partial charge in [-0.1, -0.05) is 6.92 Å². The monoisotopic (exact) mass is 215 g/mol. The third-order valence-electron chi connectivity index (χ3n) is 1.96. The fraction of sp³-hybridized carbons (Fsp3) is 0.625. The van der Waals surface area contributed by atoms with E-state index in [9.17, 15) is 4.79 Å². The number of carbonyl (C=O) groups is 1. The molecule has 0 aliphatic rings. The summed E-state index contributed by atoms with van der Waals surface area (Å²) in [5, 5.41) is 9.58. The van der Waals surface area contributed by atoms with E-state index in [1.807, 2.05) is 6.92 Å². The second-order valence-electron chi connectivity index (χ2n) is 3.00. The molecule has 1 aromatic heterocycles. The summed E-state index contributed by atoms with van der Waals surface area (Å²) in [7, 11) is 1.72. The van der Waals surface area contributed by atoms with E-state index in [1.54, 1.807) is 18.9 Å². The van der Waals surface area contributed by atoms with Crippen LogP contribution in [0.3, 0.4) is 0 Å². The zero-order valence-electron chi connectivity index (χ0n) is 8.39. The Bertz CT molecular complexity index is 326. The normalized spacial score (nSPS) is 12.5. The molecule has 0 aromatic carbocycles. The largest absolute Gasteiger partial charge is 0.480 e. The van der Waals surface area contributed by atoms with Gasteiger partial charge in [0.15, 0.2) is 0 Å². The molecule has 1 unspecified atom stereocenters. The second-order valence-corrected chi connectivity index (χ2v) is 3.73. The lowest BCUT2D eigenvalue weighted by Gasteiger charge is -2.22. The van der Waals surface area contributed by atoms with Gasteiger partial charge in [0.25, 0.3) is 0 Å². The van der Waals surface area contributed by atoms with Crippen molar-refractivity contribution in [3.63, 3.8) is 0 Å². The maximum absolute atomic E-state index is 10.9. The number of likely N-dealkylation sites (N-methyl/N-ethyl adjacent to an activating group) is 1. The number of hydrogen-bond donors (Lipinski definition) is 1. The van der Waals surface area contributed by atoms with Gasteiger partial charge in [-0.05, 0) is 13.3 Å². The summed E-state index contributed by atoms with van der Waals surface area (Å²) in [5.41, 5.74) is 0. The lowest BCUT2D eigenvalue weighted by molar-refractivity contribution is -0.138. The number of rotatable bonds is 4. The molecule has 0 radical (unpaired) electrons. The van der Waals surface area contributed by atoms with Crippen molar-refractivity contribution in [2.45, 2.75) is 26.3 Å². The van der Waals surface area contributed by atoms with Crippen LogP contribution in [-0.2, 0) is 4.79 Å². The van der Waals surface area contributed by atoms with Gasteiger partial charge in [0.1, 0.15) is 11.9 Å². The molecule has 0 bridgehead atoms. The second kappa shape index (κ2) is 4.36. The maximum atomic E-state index is 10.9. The molecule has 0 fully saturated rings. The molecule has 0 saturated heterocycles. The average molecular weight is 215 g/mol. The highest BCUT2D eigenvalue weighted by atomic mass is 32.1. The molecule has 0 saturated carbocycles. The summed E-state index contributed by atoms with van der Waals surface area (Å²) < 4.78 is 4.01. The fourth-order valence-corrected chi connectivity index (χ4v) is 1.86. The zero-order chi connectivity index (χ0) is 10.7. The fourth-order valence-electron chi connectivity index (χ4n) is 1.18. The predicted octanol–water partition coefficient (Wildman–Crippen LogP) is 1.15. The van der Waals surface area contributed by atoms with Gasteiger partial charge in [-0.2, -0.15) is 4.37 Å². The third kappa shape index (κ3) is 2.20. The molecule has 1 atom stereocenters. The molecule has 0 amide bonds. The summed E-state index contributed by atoms with van der Waals surface area (Å²) in [6.07, 6.45) is 0.546. The van der Waals surface area contributed by atoms with Crippen molar-refractivity contribution in [1.29, 1.82) is 0 Å². The summed E-state index contributed by atoms with van der Waals surface area (Å²) in [5.74, 6) is -0.153. The number of nitrogens with zero attached hydrogens (tertiary/aromatic N) is 3. The Kier molecular flexibility index (Phi) is 3.40. The molecule has 0 aliphatic carbocycles. The molecule has 6 heteroatoms. The first-order valence-electron chi connectivity index (χ1n) is 4.32. The van der Waals surface area contributed by atoms with Crippen molar-refractivity contribution in [2.75, 3.05) is 11.9 Å². The van der Waals surface area contributed by atoms with Gasteiger partial charge in [0, 0.05) is 18.6 Å². The zero-order valence-corrected chi connectivity index (χ0v) is 9.21. The van der Waals surface area contributed by atoms with Crippen LogP contribution in [0.2, 0.25) is 0 Å². The Morgan fingerprint density at radius 1 is 1.71 bits per heavy atom. The first-order valence-corrected chi connectivity index (χ1v) is 5.09. The molecular weight excluding hydrogens is 202 g/mol. The van der Waals surface area contributed by atoms with Crippen molar-refractivity contribution in [1.82, 2.24) is 9.36 Å². The van der Waals surface area contributed by atoms with Crippen molar-refractivity contribution >= 4 is 22.6 Å². The Labute approximate surface area is 86.6 Å². The van der Waals surface area contributed by atoms with Crippen LogP contribution in [0.4, 0.5) is 5.13 Å². The van der Waals surface area contributed by atoms with Crippen molar-refractivity contribution in [3.05, 3.63) is 5.82 Å².